The fourth-order valence-electron chi connectivity index (χ4n) is 2.23. The third-order valence-electron chi connectivity index (χ3n) is 3.19. The van der Waals surface area contributed by atoms with Gasteiger partial charge >= 0.3 is 0 Å². The van der Waals surface area contributed by atoms with Gasteiger partial charge in [-0.15, -0.1) is 0 Å². The van der Waals surface area contributed by atoms with E-state index in [1.54, 1.807) is 0 Å². The number of nitrogens with one attached hydrogen (secondary N) is 1. The summed E-state index contributed by atoms with van der Waals surface area (Å²) in [6.45, 7) is 7.53. The van der Waals surface area contributed by atoms with Crippen molar-refractivity contribution in [3.05, 3.63) is 48.2 Å². The third-order valence-corrected chi connectivity index (χ3v) is 3.19. The molecule has 2 rings (SSSR count). The van der Waals surface area contributed by atoms with Crippen molar-refractivity contribution >= 4 is 16.8 Å². The molecular formula is C15H18N2O. The highest BCUT2D eigenvalue weighted by atomic mass is 16.1. The number of hydrogen-bond donors (Lipinski definition) is 1. The van der Waals surface area contributed by atoms with Gasteiger partial charge in [0.2, 0.25) is 5.91 Å². The van der Waals surface area contributed by atoms with Crippen molar-refractivity contribution in [3.8, 4) is 0 Å². The van der Waals surface area contributed by atoms with Crippen LogP contribution in [0.4, 0.5) is 0 Å². The molecule has 0 aliphatic heterocycles. The number of amides is 1. The van der Waals surface area contributed by atoms with Gasteiger partial charge in [-0.1, -0.05) is 18.2 Å². The standard InChI is InChI=1S/C15H18N2O/c1-5-15(18)16-11(3)13-9-17(4)14-7-6-10(2)8-12(13)14/h5-9,11H,1H2,2-4H3,(H,16,18). The zero-order valence-electron chi connectivity index (χ0n) is 11.0. The number of carbonyl (C=O) groups is 1. The van der Waals surface area contributed by atoms with E-state index in [0.717, 1.165) is 5.56 Å². The van der Waals surface area contributed by atoms with Gasteiger partial charge in [0.05, 0.1) is 6.04 Å². The fourth-order valence-corrected chi connectivity index (χ4v) is 2.23. The second-order valence-electron chi connectivity index (χ2n) is 4.65. The van der Waals surface area contributed by atoms with E-state index in [9.17, 15) is 4.79 Å². The summed E-state index contributed by atoms with van der Waals surface area (Å²) in [4.78, 5) is 11.4. The van der Waals surface area contributed by atoms with E-state index in [-0.39, 0.29) is 11.9 Å². The van der Waals surface area contributed by atoms with Gasteiger partial charge in [0.1, 0.15) is 0 Å². The Morgan fingerprint density at radius 1 is 1.50 bits per heavy atom. The highest BCUT2D eigenvalue weighted by Gasteiger charge is 2.14. The summed E-state index contributed by atoms with van der Waals surface area (Å²) in [5.41, 5.74) is 3.53. The number of fused-ring (bicyclic) bond motifs is 1. The van der Waals surface area contributed by atoms with Crippen LogP contribution in [-0.4, -0.2) is 10.5 Å². The van der Waals surface area contributed by atoms with Gasteiger partial charge in [0, 0.05) is 24.1 Å². The van der Waals surface area contributed by atoms with Crippen LogP contribution in [0.3, 0.4) is 0 Å². The second-order valence-corrected chi connectivity index (χ2v) is 4.65. The molecule has 0 saturated carbocycles. The normalized spacial score (nSPS) is 12.4. The Morgan fingerprint density at radius 2 is 2.22 bits per heavy atom. The quantitative estimate of drug-likeness (QED) is 0.825. The van der Waals surface area contributed by atoms with Gasteiger partial charge in [-0.3, -0.25) is 4.79 Å². The van der Waals surface area contributed by atoms with E-state index in [1.165, 1.54) is 22.5 Å². The van der Waals surface area contributed by atoms with E-state index in [4.69, 9.17) is 0 Å². The van der Waals surface area contributed by atoms with Gasteiger partial charge in [-0.25, -0.2) is 0 Å². The number of rotatable bonds is 3. The summed E-state index contributed by atoms with van der Waals surface area (Å²) >= 11 is 0. The van der Waals surface area contributed by atoms with E-state index in [1.807, 2.05) is 14.0 Å². The molecule has 3 heteroatoms. The number of hydrogen-bond acceptors (Lipinski definition) is 1. The summed E-state index contributed by atoms with van der Waals surface area (Å²) in [6.07, 6.45) is 3.37. The van der Waals surface area contributed by atoms with Crippen molar-refractivity contribution < 1.29 is 4.79 Å². The van der Waals surface area contributed by atoms with Crippen molar-refractivity contribution in [3.63, 3.8) is 0 Å². The molecule has 1 heterocycles. The summed E-state index contributed by atoms with van der Waals surface area (Å²) in [5.74, 6) is -0.146. The third kappa shape index (κ3) is 2.16. The molecule has 18 heavy (non-hydrogen) atoms. The van der Waals surface area contributed by atoms with Gasteiger partial charge in [-0.05, 0) is 37.6 Å². The first kappa shape index (κ1) is 12.4. The van der Waals surface area contributed by atoms with Gasteiger partial charge in [0.25, 0.3) is 0 Å². The molecule has 0 radical (unpaired) electrons. The zero-order chi connectivity index (χ0) is 13.3. The first-order valence-corrected chi connectivity index (χ1v) is 6.01. The van der Waals surface area contributed by atoms with E-state index in [0.29, 0.717) is 0 Å². The van der Waals surface area contributed by atoms with Crippen molar-refractivity contribution in [1.82, 2.24) is 9.88 Å². The van der Waals surface area contributed by atoms with Crippen molar-refractivity contribution in [1.29, 1.82) is 0 Å². The van der Waals surface area contributed by atoms with Crippen LogP contribution in [0.1, 0.15) is 24.1 Å². The number of nitrogens with zero attached hydrogens (tertiary/aromatic N) is 1. The number of benzene rings is 1. The number of aromatic nitrogens is 1. The van der Waals surface area contributed by atoms with E-state index < -0.39 is 0 Å². The second kappa shape index (κ2) is 4.69. The number of carbonyl (C=O) groups excluding carboxylic acids is 1. The van der Waals surface area contributed by atoms with Crippen LogP contribution >= 0.6 is 0 Å². The van der Waals surface area contributed by atoms with Crippen LogP contribution in [-0.2, 0) is 11.8 Å². The molecule has 2 aromatic rings. The maximum Gasteiger partial charge on any atom is 0.243 e. The minimum atomic E-state index is -0.146. The minimum absolute atomic E-state index is 0.0269. The molecular weight excluding hydrogens is 224 g/mol. The van der Waals surface area contributed by atoms with Crippen molar-refractivity contribution in [2.45, 2.75) is 19.9 Å². The lowest BCUT2D eigenvalue weighted by Gasteiger charge is -2.11. The molecule has 1 atom stereocenters. The van der Waals surface area contributed by atoms with Crippen LogP contribution in [0.25, 0.3) is 10.9 Å². The predicted octanol–water partition coefficient (Wildman–Crippen LogP) is 2.85. The van der Waals surface area contributed by atoms with E-state index >= 15 is 0 Å². The lowest BCUT2D eigenvalue weighted by atomic mass is 10.1. The van der Waals surface area contributed by atoms with Crippen LogP contribution in [0.15, 0.2) is 37.1 Å². The topological polar surface area (TPSA) is 34.0 Å². The minimum Gasteiger partial charge on any atom is -0.350 e. The van der Waals surface area contributed by atoms with Gasteiger partial charge in [0.15, 0.2) is 0 Å². The Bertz CT molecular complexity index is 610. The first-order chi connectivity index (χ1) is 8.52. The van der Waals surface area contributed by atoms with Gasteiger partial charge in [-0.2, -0.15) is 0 Å². The molecule has 0 saturated heterocycles. The monoisotopic (exact) mass is 242 g/mol. The maximum absolute atomic E-state index is 11.4. The molecule has 94 valence electrons. The largest absolute Gasteiger partial charge is 0.350 e. The Morgan fingerprint density at radius 3 is 2.89 bits per heavy atom. The summed E-state index contributed by atoms with van der Waals surface area (Å²) in [5, 5.41) is 4.09. The Labute approximate surface area is 107 Å². The molecule has 1 N–H and O–H groups in total. The molecule has 0 fully saturated rings. The highest BCUT2D eigenvalue weighted by molar-refractivity contribution is 5.89. The molecule has 1 amide bonds. The van der Waals surface area contributed by atoms with Crippen molar-refractivity contribution in [2.75, 3.05) is 0 Å². The van der Waals surface area contributed by atoms with Crippen LogP contribution in [0, 0.1) is 6.92 Å². The van der Waals surface area contributed by atoms with Crippen molar-refractivity contribution in [2.24, 2.45) is 7.05 Å². The zero-order valence-corrected chi connectivity index (χ0v) is 11.0. The molecule has 0 aliphatic carbocycles. The van der Waals surface area contributed by atoms with Gasteiger partial charge < -0.3 is 9.88 Å². The average Bonchev–Trinajstić information content (AvgIpc) is 2.66. The fraction of sp³-hybridized carbons (Fsp3) is 0.267. The molecule has 0 aliphatic rings. The highest BCUT2D eigenvalue weighted by Crippen LogP contribution is 2.26. The van der Waals surface area contributed by atoms with Crippen LogP contribution < -0.4 is 5.32 Å². The van der Waals surface area contributed by atoms with Crippen LogP contribution in [0.5, 0.6) is 0 Å². The lowest BCUT2D eigenvalue weighted by molar-refractivity contribution is -0.117. The average molecular weight is 242 g/mol. The predicted molar refractivity (Wildman–Crippen MR) is 74.4 cm³/mol. The smallest absolute Gasteiger partial charge is 0.243 e. The van der Waals surface area contributed by atoms with E-state index in [2.05, 4.69) is 47.8 Å². The SMILES string of the molecule is C=CC(=O)NC(C)c1cn(C)c2ccc(C)cc12. The molecule has 1 aromatic heterocycles. The van der Waals surface area contributed by atoms with Crippen LogP contribution in [0.2, 0.25) is 0 Å². The molecule has 0 bridgehead atoms. The maximum atomic E-state index is 11.4. The summed E-state index contributed by atoms with van der Waals surface area (Å²) in [6, 6.07) is 6.33. The molecule has 3 nitrogen and oxygen atoms in total. The Kier molecular flexibility index (Phi) is 3.24. The Balaban J connectivity index is 2.47. The summed E-state index contributed by atoms with van der Waals surface area (Å²) in [7, 11) is 2.02. The molecule has 1 aromatic carbocycles. The first-order valence-electron chi connectivity index (χ1n) is 6.01. The summed E-state index contributed by atoms with van der Waals surface area (Å²) < 4.78 is 2.08. The lowest BCUT2D eigenvalue weighted by Crippen LogP contribution is -2.24. The molecule has 1 unspecified atom stereocenters. The Hall–Kier alpha value is -2.03. The number of aryl methyl sites for hydroxylation is 2. The molecule has 0 spiro atoms.